The molecule has 0 bridgehead atoms. The zero-order chi connectivity index (χ0) is 16.2. The van der Waals surface area contributed by atoms with Crippen LogP contribution in [0.2, 0.25) is 0 Å². The van der Waals surface area contributed by atoms with E-state index in [1.807, 2.05) is 42.8 Å². The van der Waals surface area contributed by atoms with Gasteiger partial charge in [-0.1, -0.05) is 29.5 Å². The van der Waals surface area contributed by atoms with Crippen molar-refractivity contribution in [1.29, 1.82) is 0 Å². The van der Waals surface area contributed by atoms with Crippen molar-refractivity contribution in [2.45, 2.75) is 6.92 Å². The van der Waals surface area contributed by atoms with Crippen LogP contribution in [0.25, 0.3) is 10.2 Å². The third-order valence-electron chi connectivity index (χ3n) is 3.38. The molecular weight excluding hydrogens is 310 g/mol. The minimum Gasteiger partial charge on any atom is -0.504 e. The second kappa shape index (κ2) is 6.66. The Morgan fingerprint density at radius 3 is 2.83 bits per heavy atom. The van der Waals surface area contributed by atoms with Gasteiger partial charge in [0.2, 0.25) is 4.80 Å². The largest absolute Gasteiger partial charge is 0.504 e. The molecule has 2 aromatic carbocycles. The molecule has 23 heavy (non-hydrogen) atoms. The van der Waals surface area contributed by atoms with Gasteiger partial charge >= 0.3 is 0 Å². The molecule has 0 saturated heterocycles. The van der Waals surface area contributed by atoms with Gasteiger partial charge in [0.15, 0.2) is 11.5 Å². The van der Waals surface area contributed by atoms with E-state index in [2.05, 4.69) is 16.3 Å². The summed E-state index contributed by atoms with van der Waals surface area (Å²) in [6.07, 6.45) is 1.53. The Balaban J connectivity index is 1.94. The number of nitrogens with zero attached hydrogens (tertiary/aromatic N) is 3. The highest BCUT2D eigenvalue weighted by Crippen LogP contribution is 2.28. The molecule has 1 aromatic heterocycles. The first-order valence-corrected chi connectivity index (χ1v) is 8.08. The van der Waals surface area contributed by atoms with Gasteiger partial charge in [0.25, 0.3) is 0 Å². The van der Waals surface area contributed by atoms with Gasteiger partial charge in [-0.25, -0.2) is 0 Å². The lowest BCUT2D eigenvalue weighted by Crippen LogP contribution is -2.08. The molecule has 0 atom stereocenters. The third kappa shape index (κ3) is 3.12. The SMILES string of the molecule is CCOc1cccc(/C=N\N=c2/sc3ccccc3n2C)c1O. The van der Waals surface area contributed by atoms with E-state index < -0.39 is 0 Å². The van der Waals surface area contributed by atoms with Crippen LogP contribution in [-0.2, 0) is 7.05 Å². The fraction of sp³-hybridized carbons (Fsp3) is 0.176. The zero-order valence-electron chi connectivity index (χ0n) is 12.9. The summed E-state index contributed by atoms with van der Waals surface area (Å²) in [5.41, 5.74) is 1.69. The van der Waals surface area contributed by atoms with Crippen molar-refractivity contribution >= 4 is 27.8 Å². The summed E-state index contributed by atoms with van der Waals surface area (Å²) in [5.74, 6) is 0.526. The van der Waals surface area contributed by atoms with Crippen LogP contribution in [0.1, 0.15) is 12.5 Å². The first-order valence-electron chi connectivity index (χ1n) is 7.27. The highest BCUT2D eigenvalue weighted by atomic mass is 32.1. The molecule has 3 rings (SSSR count). The number of benzene rings is 2. The number of para-hydroxylation sites is 2. The topological polar surface area (TPSA) is 59.1 Å². The number of aryl methyl sites for hydroxylation is 1. The highest BCUT2D eigenvalue weighted by molar-refractivity contribution is 7.16. The molecule has 0 spiro atoms. The molecule has 6 heteroatoms. The number of ether oxygens (including phenoxy) is 1. The van der Waals surface area contributed by atoms with Crippen molar-refractivity contribution in [1.82, 2.24) is 4.57 Å². The Kier molecular flexibility index (Phi) is 4.43. The number of thiazole rings is 1. The molecular formula is C17H17N3O2S. The number of rotatable bonds is 4. The van der Waals surface area contributed by atoms with Gasteiger partial charge in [-0.3, -0.25) is 0 Å². The number of hydrogen-bond acceptors (Lipinski definition) is 5. The van der Waals surface area contributed by atoms with Gasteiger partial charge in [0.1, 0.15) is 0 Å². The van der Waals surface area contributed by atoms with Gasteiger partial charge < -0.3 is 14.4 Å². The Labute approximate surface area is 137 Å². The Morgan fingerprint density at radius 1 is 1.22 bits per heavy atom. The molecule has 1 N–H and O–H groups in total. The summed E-state index contributed by atoms with van der Waals surface area (Å²) in [6.45, 7) is 2.37. The normalized spacial score (nSPS) is 12.3. The van der Waals surface area contributed by atoms with E-state index in [0.717, 1.165) is 15.0 Å². The molecule has 0 aliphatic heterocycles. The van der Waals surface area contributed by atoms with E-state index in [1.165, 1.54) is 6.21 Å². The second-order valence-electron chi connectivity index (χ2n) is 4.88. The van der Waals surface area contributed by atoms with Crippen molar-refractivity contribution < 1.29 is 9.84 Å². The van der Waals surface area contributed by atoms with Gasteiger partial charge in [-0.05, 0) is 31.2 Å². The number of aromatic nitrogens is 1. The molecule has 5 nitrogen and oxygen atoms in total. The van der Waals surface area contributed by atoms with E-state index in [1.54, 1.807) is 23.5 Å². The van der Waals surface area contributed by atoms with E-state index >= 15 is 0 Å². The number of hydrogen-bond donors (Lipinski definition) is 1. The summed E-state index contributed by atoms with van der Waals surface area (Å²) in [7, 11) is 1.96. The highest BCUT2D eigenvalue weighted by Gasteiger charge is 2.05. The number of phenolic OH excluding ortho intramolecular Hbond substituents is 1. The lowest BCUT2D eigenvalue weighted by atomic mass is 10.2. The van der Waals surface area contributed by atoms with Crippen molar-refractivity contribution in [3.05, 3.63) is 52.8 Å². The first-order chi connectivity index (χ1) is 11.2. The summed E-state index contributed by atoms with van der Waals surface area (Å²) in [5, 5.41) is 18.5. The van der Waals surface area contributed by atoms with Crippen molar-refractivity contribution in [2.75, 3.05) is 6.61 Å². The average Bonchev–Trinajstić information content (AvgIpc) is 2.88. The lowest BCUT2D eigenvalue weighted by Gasteiger charge is -2.06. The van der Waals surface area contributed by atoms with Crippen molar-refractivity contribution in [3.8, 4) is 11.5 Å². The van der Waals surface area contributed by atoms with Crippen molar-refractivity contribution in [2.24, 2.45) is 17.3 Å². The fourth-order valence-corrected chi connectivity index (χ4v) is 3.21. The maximum Gasteiger partial charge on any atom is 0.211 e. The number of phenols is 1. The van der Waals surface area contributed by atoms with E-state index in [4.69, 9.17) is 4.74 Å². The molecule has 0 radical (unpaired) electrons. The van der Waals surface area contributed by atoms with Crippen LogP contribution in [0.15, 0.2) is 52.7 Å². The Morgan fingerprint density at radius 2 is 2.04 bits per heavy atom. The zero-order valence-corrected chi connectivity index (χ0v) is 13.7. The molecule has 3 aromatic rings. The quantitative estimate of drug-likeness (QED) is 0.590. The molecule has 0 aliphatic rings. The van der Waals surface area contributed by atoms with Crippen LogP contribution in [0.4, 0.5) is 0 Å². The summed E-state index contributed by atoms with van der Waals surface area (Å²) >= 11 is 1.57. The second-order valence-corrected chi connectivity index (χ2v) is 5.89. The minimum atomic E-state index is 0.0778. The Hall–Kier alpha value is -2.60. The summed E-state index contributed by atoms with van der Waals surface area (Å²) in [6, 6.07) is 13.4. The maximum atomic E-state index is 10.1. The van der Waals surface area contributed by atoms with Crippen LogP contribution in [0, 0.1) is 0 Å². The van der Waals surface area contributed by atoms with Crippen LogP contribution in [0.5, 0.6) is 11.5 Å². The van der Waals surface area contributed by atoms with E-state index in [0.29, 0.717) is 17.9 Å². The van der Waals surface area contributed by atoms with Crippen LogP contribution in [0.3, 0.4) is 0 Å². The Bertz CT molecular complexity index is 925. The smallest absolute Gasteiger partial charge is 0.211 e. The standard InChI is InChI=1S/C17H17N3O2S/c1-3-22-14-9-6-7-12(16(14)21)11-18-19-17-20(2)13-8-4-5-10-15(13)23-17/h4-11,21H,3H2,1-2H3/b18-11-,19-17-. The predicted octanol–water partition coefficient (Wildman–Crippen LogP) is 3.28. The predicted molar refractivity (Wildman–Crippen MR) is 93.2 cm³/mol. The lowest BCUT2D eigenvalue weighted by molar-refractivity contribution is 0.318. The van der Waals surface area contributed by atoms with Gasteiger partial charge in [-0.15, -0.1) is 5.10 Å². The van der Waals surface area contributed by atoms with Crippen LogP contribution in [-0.4, -0.2) is 22.5 Å². The van der Waals surface area contributed by atoms with Crippen LogP contribution < -0.4 is 9.54 Å². The summed E-state index contributed by atoms with van der Waals surface area (Å²) in [4.78, 5) is 0.794. The first kappa shape index (κ1) is 15.3. The van der Waals surface area contributed by atoms with Crippen LogP contribution >= 0.6 is 11.3 Å². The third-order valence-corrected chi connectivity index (χ3v) is 4.49. The monoisotopic (exact) mass is 327 g/mol. The molecule has 0 saturated carbocycles. The maximum absolute atomic E-state index is 10.1. The molecule has 118 valence electrons. The van der Waals surface area contributed by atoms with Gasteiger partial charge in [0, 0.05) is 12.6 Å². The molecule has 0 aliphatic carbocycles. The van der Waals surface area contributed by atoms with Gasteiger partial charge in [-0.2, -0.15) is 5.10 Å². The molecule has 0 fully saturated rings. The summed E-state index contributed by atoms with van der Waals surface area (Å²) < 4.78 is 8.51. The molecule has 1 heterocycles. The minimum absolute atomic E-state index is 0.0778. The van der Waals surface area contributed by atoms with Crippen molar-refractivity contribution in [3.63, 3.8) is 0 Å². The average molecular weight is 327 g/mol. The van der Waals surface area contributed by atoms with E-state index in [-0.39, 0.29) is 5.75 Å². The number of fused-ring (bicyclic) bond motifs is 1. The molecule has 0 unspecified atom stereocenters. The fourth-order valence-electron chi connectivity index (χ4n) is 2.23. The van der Waals surface area contributed by atoms with E-state index in [9.17, 15) is 5.11 Å². The number of aromatic hydroxyl groups is 1. The molecule has 0 amide bonds. The van der Waals surface area contributed by atoms with Gasteiger partial charge in [0.05, 0.1) is 23.0 Å².